The molecule has 1 aromatic heterocycles. The Bertz CT molecular complexity index is 593. The summed E-state index contributed by atoms with van der Waals surface area (Å²) in [4.78, 5) is 12.3. The number of aliphatic hydroxyl groups is 1. The third kappa shape index (κ3) is 4.42. The third-order valence-corrected chi connectivity index (χ3v) is 4.58. The number of hydrogen-bond donors (Lipinski definition) is 2. The second-order valence-corrected chi connectivity index (χ2v) is 5.95. The van der Waals surface area contributed by atoms with E-state index in [1.54, 1.807) is 6.20 Å². The lowest BCUT2D eigenvalue weighted by atomic mass is 9.83. The second kappa shape index (κ2) is 7.92. The second-order valence-electron chi connectivity index (χ2n) is 5.95. The SMILES string of the molecule is CCC(CC)(CO)CNC(=O)c1ccc(Cn2cccn2)cc1. The van der Waals surface area contributed by atoms with Crippen molar-refractivity contribution in [2.45, 2.75) is 33.2 Å². The van der Waals surface area contributed by atoms with Gasteiger partial charge in [0.15, 0.2) is 0 Å². The van der Waals surface area contributed by atoms with Gasteiger partial charge in [0.25, 0.3) is 5.91 Å². The van der Waals surface area contributed by atoms with Gasteiger partial charge in [-0.25, -0.2) is 0 Å². The van der Waals surface area contributed by atoms with Gasteiger partial charge in [0.1, 0.15) is 0 Å². The Labute approximate surface area is 137 Å². The molecule has 5 nitrogen and oxygen atoms in total. The molecule has 2 rings (SSSR count). The number of aromatic nitrogens is 2. The highest BCUT2D eigenvalue weighted by Gasteiger charge is 2.25. The van der Waals surface area contributed by atoms with Gasteiger partial charge in [0.05, 0.1) is 13.2 Å². The fraction of sp³-hybridized carbons (Fsp3) is 0.444. The molecule has 0 saturated heterocycles. The topological polar surface area (TPSA) is 67.2 Å². The van der Waals surface area contributed by atoms with Gasteiger partial charge in [-0.1, -0.05) is 26.0 Å². The molecule has 0 saturated carbocycles. The van der Waals surface area contributed by atoms with Gasteiger partial charge in [-0.2, -0.15) is 5.10 Å². The standard InChI is InChI=1S/C18H25N3O2/c1-3-18(4-2,14-22)13-19-17(23)16-8-6-15(7-9-16)12-21-11-5-10-20-21/h5-11,22H,3-4,12-14H2,1-2H3,(H,19,23). The van der Waals surface area contributed by atoms with Crippen molar-refractivity contribution in [2.75, 3.05) is 13.2 Å². The minimum absolute atomic E-state index is 0.0864. The van der Waals surface area contributed by atoms with Gasteiger partial charge < -0.3 is 10.4 Å². The maximum atomic E-state index is 12.3. The molecule has 5 heteroatoms. The summed E-state index contributed by atoms with van der Waals surface area (Å²) < 4.78 is 1.84. The van der Waals surface area contributed by atoms with Crippen LogP contribution >= 0.6 is 0 Å². The van der Waals surface area contributed by atoms with Crippen molar-refractivity contribution in [3.63, 3.8) is 0 Å². The minimum Gasteiger partial charge on any atom is -0.396 e. The molecule has 0 spiro atoms. The summed E-state index contributed by atoms with van der Waals surface area (Å²) in [5.41, 5.74) is 1.50. The molecular formula is C18H25N3O2. The van der Waals surface area contributed by atoms with E-state index in [9.17, 15) is 9.90 Å². The first-order valence-electron chi connectivity index (χ1n) is 8.08. The zero-order valence-corrected chi connectivity index (χ0v) is 13.8. The molecule has 2 aromatic rings. The molecule has 1 amide bonds. The smallest absolute Gasteiger partial charge is 0.251 e. The van der Waals surface area contributed by atoms with Crippen molar-refractivity contribution in [3.8, 4) is 0 Å². The van der Waals surface area contributed by atoms with Gasteiger partial charge in [-0.05, 0) is 36.6 Å². The van der Waals surface area contributed by atoms with E-state index in [0.29, 0.717) is 18.7 Å². The Kier molecular flexibility index (Phi) is 5.93. The highest BCUT2D eigenvalue weighted by Crippen LogP contribution is 2.24. The van der Waals surface area contributed by atoms with Crippen LogP contribution in [0.25, 0.3) is 0 Å². The van der Waals surface area contributed by atoms with E-state index in [2.05, 4.69) is 10.4 Å². The molecule has 23 heavy (non-hydrogen) atoms. The van der Waals surface area contributed by atoms with Crippen molar-refractivity contribution >= 4 is 5.91 Å². The normalized spacial score (nSPS) is 11.4. The van der Waals surface area contributed by atoms with Crippen molar-refractivity contribution in [2.24, 2.45) is 5.41 Å². The van der Waals surface area contributed by atoms with E-state index in [4.69, 9.17) is 0 Å². The third-order valence-electron chi connectivity index (χ3n) is 4.58. The number of aliphatic hydroxyl groups excluding tert-OH is 1. The molecule has 124 valence electrons. The number of rotatable bonds is 8. The van der Waals surface area contributed by atoms with Gasteiger partial charge >= 0.3 is 0 Å². The van der Waals surface area contributed by atoms with Crippen molar-refractivity contribution in [1.82, 2.24) is 15.1 Å². The molecule has 0 radical (unpaired) electrons. The molecule has 1 aromatic carbocycles. The van der Waals surface area contributed by atoms with E-state index in [-0.39, 0.29) is 17.9 Å². The maximum Gasteiger partial charge on any atom is 0.251 e. The molecule has 1 heterocycles. The Morgan fingerprint density at radius 3 is 2.48 bits per heavy atom. The molecule has 0 bridgehead atoms. The molecule has 0 aliphatic carbocycles. The summed E-state index contributed by atoms with van der Waals surface area (Å²) in [5, 5.41) is 16.7. The lowest BCUT2D eigenvalue weighted by Crippen LogP contribution is -2.39. The minimum atomic E-state index is -0.226. The number of amides is 1. The number of benzene rings is 1. The van der Waals surface area contributed by atoms with Crippen LogP contribution in [-0.2, 0) is 6.54 Å². The maximum absolute atomic E-state index is 12.3. The average molecular weight is 315 g/mol. The van der Waals surface area contributed by atoms with Gasteiger partial charge in [-0.3, -0.25) is 9.48 Å². The average Bonchev–Trinajstić information content (AvgIpc) is 3.10. The monoisotopic (exact) mass is 315 g/mol. The van der Waals surface area contributed by atoms with Crippen LogP contribution in [0.5, 0.6) is 0 Å². The fourth-order valence-electron chi connectivity index (χ4n) is 2.49. The van der Waals surface area contributed by atoms with Gasteiger partial charge in [-0.15, -0.1) is 0 Å². The van der Waals surface area contributed by atoms with Crippen LogP contribution in [0.3, 0.4) is 0 Å². The first-order valence-corrected chi connectivity index (χ1v) is 8.08. The van der Waals surface area contributed by atoms with Crippen LogP contribution in [0.1, 0.15) is 42.6 Å². The van der Waals surface area contributed by atoms with E-state index in [1.807, 2.05) is 55.1 Å². The molecule has 0 aliphatic rings. The van der Waals surface area contributed by atoms with E-state index in [0.717, 1.165) is 18.4 Å². The first-order chi connectivity index (χ1) is 11.1. The van der Waals surface area contributed by atoms with E-state index in [1.165, 1.54) is 0 Å². The van der Waals surface area contributed by atoms with Crippen LogP contribution in [0.2, 0.25) is 0 Å². The summed E-state index contributed by atoms with van der Waals surface area (Å²) in [6.45, 7) is 5.34. The predicted octanol–water partition coefficient (Wildman–Crippen LogP) is 2.46. The largest absolute Gasteiger partial charge is 0.396 e. The molecule has 0 atom stereocenters. The molecular weight excluding hydrogens is 290 g/mol. The number of hydrogen-bond acceptors (Lipinski definition) is 3. The molecule has 0 fully saturated rings. The predicted molar refractivity (Wildman–Crippen MR) is 90.2 cm³/mol. The van der Waals surface area contributed by atoms with Gasteiger partial charge in [0.2, 0.25) is 0 Å². The summed E-state index contributed by atoms with van der Waals surface area (Å²) in [6.07, 6.45) is 5.33. The van der Waals surface area contributed by atoms with E-state index >= 15 is 0 Å². The highest BCUT2D eigenvalue weighted by molar-refractivity contribution is 5.94. The Hall–Kier alpha value is -2.14. The number of nitrogens with zero attached hydrogens (tertiary/aromatic N) is 2. The van der Waals surface area contributed by atoms with Crippen LogP contribution in [0.4, 0.5) is 0 Å². The van der Waals surface area contributed by atoms with Crippen molar-refractivity contribution in [1.29, 1.82) is 0 Å². The fourth-order valence-corrected chi connectivity index (χ4v) is 2.49. The summed E-state index contributed by atoms with van der Waals surface area (Å²) in [5.74, 6) is -0.102. The van der Waals surface area contributed by atoms with Gasteiger partial charge in [0, 0.05) is 29.9 Å². The Balaban J connectivity index is 1.95. The summed E-state index contributed by atoms with van der Waals surface area (Å²) in [7, 11) is 0. The number of carbonyl (C=O) groups excluding carboxylic acids is 1. The molecule has 0 unspecified atom stereocenters. The lowest BCUT2D eigenvalue weighted by molar-refractivity contribution is 0.0851. The zero-order valence-electron chi connectivity index (χ0n) is 13.8. The lowest BCUT2D eigenvalue weighted by Gasteiger charge is -2.29. The van der Waals surface area contributed by atoms with E-state index < -0.39 is 0 Å². The van der Waals surface area contributed by atoms with Crippen molar-refractivity contribution < 1.29 is 9.90 Å². The Morgan fingerprint density at radius 1 is 1.26 bits per heavy atom. The highest BCUT2D eigenvalue weighted by atomic mass is 16.3. The number of carbonyl (C=O) groups is 1. The molecule has 2 N–H and O–H groups in total. The molecule has 0 aliphatic heterocycles. The Morgan fingerprint density at radius 2 is 1.96 bits per heavy atom. The van der Waals surface area contributed by atoms with Crippen LogP contribution in [0.15, 0.2) is 42.7 Å². The van der Waals surface area contributed by atoms with Crippen LogP contribution < -0.4 is 5.32 Å². The van der Waals surface area contributed by atoms with Crippen LogP contribution in [-0.4, -0.2) is 33.9 Å². The summed E-state index contributed by atoms with van der Waals surface area (Å²) >= 11 is 0. The first kappa shape index (κ1) is 17.2. The van der Waals surface area contributed by atoms with Crippen LogP contribution in [0, 0.1) is 5.41 Å². The summed E-state index contributed by atoms with van der Waals surface area (Å²) in [6, 6.07) is 9.42. The quantitative estimate of drug-likeness (QED) is 0.786. The number of nitrogens with one attached hydrogen (secondary N) is 1. The van der Waals surface area contributed by atoms with Crippen molar-refractivity contribution in [3.05, 3.63) is 53.9 Å². The zero-order chi connectivity index (χ0) is 16.7.